The Morgan fingerprint density at radius 3 is 2.65 bits per heavy atom. The van der Waals surface area contributed by atoms with Gasteiger partial charge in [-0.15, -0.1) is 0 Å². The highest BCUT2D eigenvalue weighted by Crippen LogP contribution is 2.47. The molecule has 0 saturated carbocycles. The van der Waals surface area contributed by atoms with Crippen LogP contribution in [0.1, 0.15) is 5.69 Å². The van der Waals surface area contributed by atoms with Crippen molar-refractivity contribution in [3.05, 3.63) is 59.2 Å². The Balaban J connectivity index is 1.73. The van der Waals surface area contributed by atoms with Gasteiger partial charge in [-0.2, -0.15) is 0 Å². The van der Waals surface area contributed by atoms with E-state index in [0.29, 0.717) is 18.2 Å². The molecule has 5 heteroatoms. The number of likely N-dealkylation sites (N-methyl/N-ethyl adjacent to an activating group) is 1. The van der Waals surface area contributed by atoms with E-state index in [4.69, 9.17) is 21.1 Å². The zero-order chi connectivity index (χ0) is 18.1. The SMILES string of the molecule is CN(C)CCOCc1cc2c([nH]1)-c1cc(Cl)ccc1Oc1ccccc1-2. The van der Waals surface area contributed by atoms with Crippen molar-refractivity contribution < 1.29 is 9.47 Å². The fraction of sp³-hybridized carbons (Fsp3) is 0.238. The van der Waals surface area contributed by atoms with E-state index in [0.717, 1.165) is 46.1 Å². The minimum Gasteiger partial charge on any atom is -0.456 e. The molecule has 0 radical (unpaired) electrons. The summed E-state index contributed by atoms with van der Waals surface area (Å²) in [5.41, 5.74) is 5.18. The number of hydrogen-bond donors (Lipinski definition) is 1. The maximum Gasteiger partial charge on any atom is 0.136 e. The second-order valence-corrected chi connectivity index (χ2v) is 7.11. The van der Waals surface area contributed by atoms with E-state index in [1.54, 1.807) is 0 Å². The van der Waals surface area contributed by atoms with Crippen molar-refractivity contribution in [1.82, 2.24) is 9.88 Å². The second-order valence-electron chi connectivity index (χ2n) is 6.68. The Hall–Kier alpha value is -2.27. The number of rotatable bonds is 5. The summed E-state index contributed by atoms with van der Waals surface area (Å²) in [6.45, 7) is 2.13. The third kappa shape index (κ3) is 3.36. The number of nitrogens with one attached hydrogen (secondary N) is 1. The number of hydrogen-bond acceptors (Lipinski definition) is 3. The van der Waals surface area contributed by atoms with Gasteiger partial charge in [0, 0.05) is 34.0 Å². The van der Waals surface area contributed by atoms with E-state index < -0.39 is 0 Å². The van der Waals surface area contributed by atoms with Gasteiger partial charge >= 0.3 is 0 Å². The fourth-order valence-corrected chi connectivity index (χ4v) is 3.30. The summed E-state index contributed by atoms with van der Waals surface area (Å²) in [6, 6.07) is 15.9. The number of fused-ring (bicyclic) bond motifs is 5. The van der Waals surface area contributed by atoms with Crippen LogP contribution >= 0.6 is 11.6 Å². The minimum absolute atomic E-state index is 0.541. The molecule has 0 aliphatic carbocycles. The smallest absolute Gasteiger partial charge is 0.136 e. The molecular formula is C21H21ClN2O2. The zero-order valence-corrected chi connectivity index (χ0v) is 15.6. The van der Waals surface area contributed by atoms with Crippen molar-refractivity contribution in [1.29, 1.82) is 0 Å². The molecule has 0 amide bonds. The molecule has 4 rings (SSSR count). The van der Waals surface area contributed by atoms with Crippen LogP contribution in [0.4, 0.5) is 0 Å². The van der Waals surface area contributed by atoms with Crippen LogP contribution in [0.15, 0.2) is 48.5 Å². The van der Waals surface area contributed by atoms with Crippen molar-refractivity contribution in [2.75, 3.05) is 27.2 Å². The first-order chi connectivity index (χ1) is 12.6. The first-order valence-corrected chi connectivity index (χ1v) is 9.01. The molecule has 4 nitrogen and oxygen atoms in total. The molecule has 1 aliphatic heterocycles. The van der Waals surface area contributed by atoms with E-state index >= 15 is 0 Å². The number of benzene rings is 2. The van der Waals surface area contributed by atoms with E-state index in [1.807, 2.05) is 50.5 Å². The van der Waals surface area contributed by atoms with Crippen LogP contribution < -0.4 is 4.74 Å². The Morgan fingerprint density at radius 2 is 1.81 bits per heavy atom. The largest absolute Gasteiger partial charge is 0.456 e. The quantitative estimate of drug-likeness (QED) is 0.493. The summed E-state index contributed by atoms with van der Waals surface area (Å²) < 4.78 is 12.0. The Labute approximate surface area is 158 Å². The standard InChI is InChI=1S/C21H21ClN2O2/c1-24(2)9-10-25-13-15-12-17-16-5-3-4-6-19(16)26-20-8-7-14(22)11-18(20)21(17)23-15/h3-8,11-12,23H,9-10,13H2,1-2H3. The molecule has 26 heavy (non-hydrogen) atoms. The number of para-hydroxylation sites is 1. The van der Waals surface area contributed by atoms with Gasteiger partial charge in [-0.05, 0) is 44.4 Å². The van der Waals surface area contributed by atoms with Crippen LogP contribution in [0.3, 0.4) is 0 Å². The molecule has 1 aliphatic rings. The van der Waals surface area contributed by atoms with Crippen molar-refractivity contribution in [3.8, 4) is 33.9 Å². The highest BCUT2D eigenvalue weighted by atomic mass is 35.5. The van der Waals surface area contributed by atoms with Crippen LogP contribution in [0.2, 0.25) is 5.02 Å². The summed E-state index contributed by atoms with van der Waals surface area (Å²) in [5, 5.41) is 0.683. The Morgan fingerprint density at radius 1 is 1.00 bits per heavy atom. The fourth-order valence-electron chi connectivity index (χ4n) is 3.13. The average molecular weight is 369 g/mol. The molecule has 3 aromatic rings. The van der Waals surface area contributed by atoms with Crippen LogP contribution in [0.25, 0.3) is 22.4 Å². The maximum atomic E-state index is 6.25. The van der Waals surface area contributed by atoms with E-state index in [9.17, 15) is 0 Å². The lowest BCUT2D eigenvalue weighted by atomic mass is 10.0. The predicted molar refractivity (Wildman–Crippen MR) is 105 cm³/mol. The maximum absolute atomic E-state index is 6.25. The summed E-state index contributed by atoms with van der Waals surface area (Å²) in [4.78, 5) is 5.62. The molecular weight excluding hydrogens is 348 g/mol. The molecule has 134 valence electrons. The minimum atomic E-state index is 0.541. The van der Waals surface area contributed by atoms with Crippen molar-refractivity contribution in [3.63, 3.8) is 0 Å². The number of nitrogens with zero attached hydrogens (tertiary/aromatic N) is 1. The summed E-state index contributed by atoms with van der Waals surface area (Å²) in [5.74, 6) is 1.64. The number of H-pyrrole nitrogens is 1. The molecule has 0 spiro atoms. The molecule has 0 bridgehead atoms. The van der Waals surface area contributed by atoms with Gasteiger partial charge in [0.2, 0.25) is 0 Å². The molecule has 2 aromatic carbocycles. The zero-order valence-electron chi connectivity index (χ0n) is 14.9. The molecule has 1 N–H and O–H groups in total. The van der Waals surface area contributed by atoms with Gasteiger partial charge in [0.1, 0.15) is 11.5 Å². The topological polar surface area (TPSA) is 37.5 Å². The van der Waals surface area contributed by atoms with Gasteiger partial charge < -0.3 is 19.4 Å². The third-order valence-electron chi connectivity index (χ3n) is 4.42. The number of aromatic nitrogens is 1. The summed E-state index contributed by atoms with van der Waals surface area (Å²) in [6.07, 6.45) is 0. The van der Waals surface area contributed by atoms with Gasteiger partial charge in [-0.25, -0.2) is 0 Å². The van der Waals surface area contributed by atoms with Crippen LogP contribution in [0.5, 0.6) is 11.5 Å². The molecule has 1 aromatic heterocycles. The number of aromatic amines is 1. The first-order valence-electron chi connectivity index (χ1n) is 8.63. The summed E-state index contributed by atoms with van der Waals surface area (Å²) in [7, 11) is 4.08. The Bertz CT molecular complexity index is 934. The first kappa shape index (κ1) is 17.2. The lowest BCUT2D eigenvalue weighted by Gasteiger charge is -2.10. The van der Waals surface area contributed by atoms with Gasteiger partial charge in [-0.3, -0.25) is 0 Å². The second kappa shape index (κ2) is 7.16. The molecule has 0 unspecified atom stereocenters. The number of ether oxygens (including phenoxy) is 2. The third-order valence-corrected chi connectivity index (χ3v) is 4.66. The molecule has 2 heterocycles. The van der Waals surface area contributed by atoms with Gasteiger partial charge in [0.05, 0.1) is 18.9 Å². The van der Waals surface area contributed by atoms with Crippen LogP contribution in [0, 0.1) is 0 Å². The Kier molecular flexibility index (Phi) is 4.72. The predicted octanol–water partition coefficient (Wildman–Crippen LogP) is 5.19. The lowest BCUT2D eigenvalue weighted by Crippen LogP contribution is -2.17. The number of halogens is 1. The normalized spacial score (nSPS) is 12.2. The monoisotopic (exact) mass is 368 g/mol. The van der Waals surface area contributed by atoms with Crippen molar-refractivity contribution in [2.45, 2.75) is 6.61 Å². The van der Waals surface area contributed by atoms with Crippen LogP contribution in [-0.2, 0) is 11.3 Å². The van der Waals surface area contributed by atoms with Gasteiger partial charge in [-0.1, -0.05) is 29.8 Å². The summed E-state index contributed by atoms with van der Waals surface area (Å²) >= 11 is 6.25. The molecule has 0 saturated heterocycles. The van der Waals surface area contributed by atoms with Gasteiger partial charge in [0.15, 0.2) is 0 Å². The highest BCUT2D eigenvalue weighted by molar-refractivity contribution is 6.31. The van der Waals surface area contributed by atoms with Crippen molar-refractivity contribution in [2.24, 2.45) is 0 Å². The van der Waals surface area contributed by atoms with E-state index in [1.165, 1.54) is 0 Å². The van der Waals surface area contributed by atoms with Gasteiger partial charge in [0.25, 0.3) is 0 Å². The van der Waals surface area contributed by atoms with E-state index in [2.05, 4.69) is 22.0 Å². The average Bonchev–Trinajstić information content (AvgIpc) is 2.99. The van der Waals surface area contributed by atoms with E-state index in [-0.39, 0.29) is 0 Å². The molecule has 0 atom stereocenters. The lowest BCUT2D eigenvalue weighted by molar-refractivity contribution is 0.103. The molecule has 0 fully saturated rings. The van der Waals surface area contributed by atoms with Crippen LogP contribution in [-0.4, -0.2) is 37.1 Å². The van der Waals surface area contributed by atoms with Crippen molar-refractivity contribution >= 4 is 11.6 Å². The highest BCUT2D eigenvalue weighted by Gasteiger charge is 2.23.